The van der Waals surface area contributed by atoms with Crippen LogP contribution in [0.2, 0.25) is 0 Å². The summed E-state index contributed by atoms with van der Waals surface area (Å²) in [5, 5.41) is 13.9. The smallest absolute Gasteiger partial charge is 0.0734 e. The van der Waals surface area contributed by atoms with Gasteiger partial charge >= 0.3 is 0 Å². The minimum atomic E-state index is -0.0202. The molecule has 2 heterocycles. The van der Waals surface area contributed by atoms with E-state index in [2.05, 4.69) is 30.0 Å². The number of aromatic nitrogens is 3. The molecule has 4 nitrogen and oxygen atoms in total. The SMILES string of the molecule is CCc1cc(CC)n(-c2ccncc2CO)n1. The largest absolute Gasteiger partial charge is 0.392 e. The van der Waals surface area contributed by atoms with Gasteiger partial charge < -0.3 is 5.11 Å². The van der Waals surface area contributed by atoms with Crippen LogP contribution in [0.15, 0.2) is 24.5 Å². The van der Waals surface area contributed by atoms with Crippen molar-refractivity contribution in [1.82, 2.24) is 14.8 Å². The zero-order chi connectivity index (χ0) is 12.3. The van der Waals surface area contributed by atoms with Crippen LogP contribution in [-0.2, 0) is 19.4 Å². The van der Waals surface area contributed by atoms with Crippen LogP contribution >= 0.6 is 0 Å². The molecule has 4 heteroatoms. The highest BCUT2D eigenvalue weighted by Gasteiger charge is 2.10. The zero-order valence-corrected chi connectivity index (χ0v) is 10.2. The molecule has 2 aromatic heterocycles. The summed E-state index contributed by atoms with van der Waals surface area (Å²) in [5.74, 6) is 0. The third-order valence-electron chi connectivity index (χ3n) is 2.83. The maximum absolute atomic E-state index is 9.33. The molecule has 0 aromatic carbocycles. The molecule has 0 atom stereocenters. The molecular weight excluding hydrogens is 214 g/mol. The number of aliphatic hydroxyl groups is 1. The quantitative estimate of drug-likeness (QED) is 0.874. The lowest BCUT2D eigenvalue weighted by Gasteiger charge is -2.09. The Morgan fingerprint density at radius 1 is 1.29 bits per heavy atom. The Morgan fingerprint density at radius 2 is 2.12 bits per heavy atom. The topological polar surface area (TPSA) is 50.9 Å². The Balaban J connectivity index is 2.54. The first-order valence-corrected chi connectivity index (χ1v) is 5.92. The van der Waals surface area contributed by atoms with Crippen molar-refractivity contribution in [3.8, 4) is 5.69 Å². The number of hydrogen-bond donors (Lipinski definition) is 1. The maximum Gasteiger partial charge on any atom is 0.0734 e. The predicted octanol–water partition coefficient (Wildman–Crippen LogP) is 1.88. The van der Waals surface area contributed by atoms with Gasteiger partial charge in [-0.25, -0.2) is 4.68 Å². The Kier molecular flexibility index (Phi) is 3.54. The van der Waals surface area contributed by atoms with Gasteiger partial charge in [0.05, 0.1) is 18.0 Å². The van der Waals surface area contributed by atoms with Gasteiger partial charge in [-0.05, 0) is 25.0 Å². The number of hydrogen-bond acceptors (Lipinski definition) is 3. The van der Waals surface area contributed by atoms with E-state index in [0.29, 0.717) is 0 Å². The van der Waals surface area contributed by atoms with E-state index in [1.54, 1.807) is 12.4 Å². The molecule has 0 spiro atoms. The fourth-order valence-corrected chi connectivity index (χ4v) is 1.86. The molecule has 0 saturated heterocycles. The van der Waals surface area contributed by atoms with Crippen LogP contribution in [0.4, 0.5) is 0 Å². The minimum Gasteiger partial charge on any atom is -0.392 e. The van der Waals surface area contributed by atoms with Crippen LogP contribution in [0.1, 0.15) is 30.8 Å². The van der Waals surface area contributed by atoms with E-state index in [1.807, 2.05) is 10.7 Å². The van der Waals surface area contributed by atoms with E-state index in [1.165, 1.54) is 0 Å². The Hall–Kier alpha value is -1.68. The Bertz CT molecular complexity index is 505. The van der Waals surface area contributed by atoms with Gasteiger partial charge in [-0.3, -0.25) is 4.98 Å². The van der Waals surface area contributed by atoms with E-state index in [4.69, 9.17) is 0 Å². The van der Waals surface area contributed by atoms with Gasteiger partial charge in [-0.1, -0.05) is 13.8 Å². The van der Waals surface area contributed by atoms with Gasteiger partial charge in [0.2, 0.25) is 0 Å². The van der Waals surface area contributed by atoms with Gasteiger partial charge in [0, 0.05) is 23.7 Å². The molecule has 0 unspecified atom stereocenters. The third kappa shape index (κ3) is 2.22. The van der Waals surface area contributed by atoms with Crippen molar-refractivity contribution in [2.75, 3.05) is 0 Å². The van der Waals surface area contributed by atoms with Crippen LogP contribution in [0.3, 0.4) is 0 Å². The second kappa shape index (κ2) is 5.10. The van der Waals surface area contributed by atoms with E-state index in [0.717, 1.165) is 35.5 Å². The van der Waals surface area contributed by atoms with Crippen LogP contribution in [0.25, 0.3) is 5.69 Å². The molecular formula is C13H17N3O. The number of aryl methyl sites for hydroxylation is 2. The first kappa shape index (κ1) is 11.8. The molecule has 0 aliphatic carbocycles. The molecule has 2 rings (SSSR count). The van der Waals surface area contributed by atoms with Gasteiger partial charge in [-0.2, -0.15) is 5.10 Å². The van der Waals surface area contributed by atoms with Gasteiger partial charge in [0.15, 0.2) is 0 Å². The summed E-state index contributed by atoms with van der Waals surface area (Å²) in [4.78, 5) is 4.02. The monoisotopic (exact) mass is 231 g/mol. The summed E-state index contributed by atoms with van der Waals surface area (Å²) in [6.07, 6.45) is 5.24. The average molecular weight is 231 g/mol. The van der Waals surface area contributed by atoms with E-state index in [9.17, 15) is 5.11 Å². The van der Waals surface area contributed by atoms with Crippen LogP contribution in [0, 0.1) is 0 Å². The maximum atomic E-state index is 9.33. The van der Waals surface area contributed by atoms with Crippen molar-refractivity contribution in [3.63, 3.8) is 0 Å². The van der Waals surface area contributed by atoms with E-state index in [-0.39, 0.29) is 6.61 Å². The fraction of sp³-hybridized carbons (Fsp3) is 0.385. The lowest BCUT2D eigenvalue weighted by molar-refractivity contribution is 0.281. The van der Waals surface area contributed by atoms with Crippen molar-refractivity contribution in [1.29, 1.82) is 0 Å². The minimum absolute atomic E-state index is 0.0202. The lowest BCUT2D eigenvalue weighted by Crippen LogP contribution is -2.05. The van der Waals surface area contributed by atoms with Crippen LogP contribution in [-0.4, -0.2) is 19.9 Å². The normalized spacial score (nSPS) is 10.8. The second-order valence-corrected chi connectivity index (χ2v) is 3.91. The van der Waals surface area contributed by atoms with E-state index >= 15 is 0 Å². The number of rotatable bonds is 4. The molecule has 1 N–H and O–H groups in total. The summed E-state index contributed by atoms with van der Waals surface area (Å²) in [5.41, 5.74) is 3.94. The summed E-state index contributed by atoms with van der Waals surface area (Å²) >= 11 is 0. The molecule has 17 heavy (non-hydrogen) atoms. The summed E-state index contributed by atoms with van der Waals surface area (Å²) in [6.45, 7) is 4.17. The molecule has 0 bridgehead atoms. The highest BCUT2D eigenvalue weighted by atomic mass is 16.3. The van der Waals surface area contributed by atoms with Gasteiger partial charge in [0.1, 0.15) is 0 Å². The van der Waals surface area contributed by atoms with Gasteiger partial charge in [0.25, 0.3) is 0 Å². The number of aliphatic hydroxyl groups excluding tert-OH is 1. The first-order chi connectivity index (χ1) is 8.30. The van der Waals surface area contributed by atoms with Crippen molar-refractivity contribution in [2.45, 2.75) is 33.3 Å². The molecule has 0 fully saturated rings. The molecule has 90 valence electrons. The first-order valence-electron chi connectivity index (χ1n) is 5.92. The highest BCUT2D eigenvalue weighted by Crippen LogP contribution is 2.17. The molecule has 2 aromatic rings. The van der Waals surface area contributed by atoms with Crippen molar-refractivity contribution in [2.24, 2.45) is 0 Å². The molecule has 0 amide bonds. The zero-order valence-electron chi connectivity index (χ0n) is 10.2. The summed E-state index contributed by atoms with van der Waals surface area (Å²) in [6, 6.07) is 4.00. The van der Waals surface area contributed by atoms with E-state index < -0.39 is 0 Å². The summed E-state index contributed by atoms with van der Waals surface area (Å²) < 4.78 is 1.91. The standard InChI is InChI=1S/C13H17N3O/c1-3-11-7-12(4-2)16(15-11)13-5-6-14-8-10(13)9-17/h5-8,17H,3-4,9H2,1-2H3. The Morgan fingerprint density at radius 3 is 2.76 bits per heavy atom. The summed E-state index contributed by atoms with van der Waals surface area (Å²) in [7, 11) is 0. The molecule has 0 aliphatic heterocycles. The average Bonchev–Trinajstić information content (AvgIpc) is 2.81. The Labute approximate surface area is 101 Å². The van der Waals surface area contributed by atoms with Crippen molar-refractivity contribution in [3.05, 3.63) is 41.5 Å². The number of pyridine rings is 1. The fourth-order valence-electron chi connectivity index (χ4n) is 1.86. The van der Waals surface area contributed by atoms with Gasteiger partial charge in [-0.15, -0.1) is 0 Å². The number of nitrogens with zero attached hydrogens (tertiary/aromatic N) is 3. The van der Waals surface area contributed by atoms with Crippen molar-refractivity contribution < 1.29 is 5.11 Å². The third-order valence-corrected chi connectivity index (χ3v) is 2.83. The van der Waals surface area contributed by atoms with Crippen LogP contribution in [0.5, 0.6) is 0 Å². The van der Waals surface area contributed by atoms with Crippen molar-refractivity contribution >= 4 is 0 Å². The lowest BCUT2D eigenvalue weighted by atomic mass is 10.2. The molecule has 0 saturated carbocycles. The molecule has 0 aliphatic rings. The molecule has 0 radical (unpaired) electrons. The predicted molar refractivity (Wildman–Crippen MR) is 66.0 cm³/mol. The second-order valence-electron chi connectivity index (χ2n) is 3.91. The van der Waals surface area contributed by atoms with Crippen LogP contribution < -0.4 is 0 Å². The highest BCUT2D eigenvalue weighted by molar-refractivity contribution is 5.39.